The van der Waals surface area contributed by atoms with Gasteiger partial charge in [-0.3, -0.25) is 4.40 Å². The number of benzene rings is 1. The smallest absolute Gasteiger partial charge is 0.139 e. The maximum absolute atomic E-state index is 6.33. The van der Waals surface area contributed by atoms with Crippen LogP contribution in [0.1, 0.15) is 35.6 Å². The van der Waals surface area contributed by atoms with Crippen LogP contribution < -0.4 is 5.73 Å². The van der Waals surface area contributed by atoms with Gasteiger partial charge in [0.25, 0.3) is 0 Å². The standard InChI is InChI=1S/C18H19N3/c1-11-9-12(2)21-16(10-11)20-17(18(21)19)15-7-5-14(6-8-15)13-3-4-13/h5-10,13H,3-4,19H2,1-2H3. The molecule has 0 saturated heterocycles. The average molecular weight is 277 g/mol. The zero-order valence-corrected chi connectivity index (χ0v) is 12.4. The molecule has 0 unspecified atom stereocenters. The van der Waals surface area contributed by atoms with Crippen LogP contribution in [0.3, 0.4) is 0 Å². The number of nitrogen functional groups attached to an aromatic ring is 1. The minimum Gasteiger partial charge on any atom is -0.383 e. The summed E-state index contributed by atoms with van der Waals surface area (Å²) in [6.07, 6.45) is 2.66. The largest absolute Gasteiger partial charge is 0.383 e. The van der Waals surface area contributed by atoms with Gasteiger partial charge >= 0.3 is 0 Å². The van der Waals surface area contributed by atoms with Gasteiger partial charge in [-0.2, -0.15) is 0 Å². The molecule has 2 N–H and O–H groups in total. The number of hydrogen-bond donors (Lipinski definition) is 1. The Kier molecular flexibility index (Phi) is 2.58. The third kappa shape index (κ3) is 2.00. The number of imidazole rings is 1. The molecule has 1 aliphatic carbocycles. The number of pyridine rings is 1. The first-order valence-corrected chi connectivity index (χ1v) is 7.49. The highest BCUT2D eigenvalue weighted by Crippen LogP contribution is 2.40. The number of nitrogens with zero attached hydrogens (tertiary/aromatic N) is 2. The van der Waals surface area contributed by atoms with Crippen LogP contribution in [0.25, 0.3) is 16.9 Å². The first-order valence-electron chi connectivity index (χ1n) is 7.49. The van der Waals surface area contributed by atoms with Gasteiger partial charge < -0.3 is 5.73 Å². The third-order valence-corrected chi connectivity index (χ3v) is 4.32. The van der Waals surface area contributed by atoms with Gasteiger partial charge in [0.1, 0.15) is 17.2 Å². The van der Waals surface area contributed by atoms with E-state index >= 15 is 0 Å². The topological polar surface area (TPSA) is 43.3 Å². The Morgan fingerprint density at radius 3 is 2.48 bits per heavy atom. The van der Waals surface area contributed by atoms with Crippen molar-refractivity contribution in [2.45, 2.75) is 32.6 Å². The van der Waals surface area contributed by atoms with Crippen molar-refractivity contribution in [3.05, 3.63) is 53.2 Å². The predicted molar refractivity (Wildman–Crippen MR) is 86.5 cm³/mol. The van der Waals surface area contributed by atoms with E-state index in [9.17, 15) is 0 Å². The van der Waals surface area contributed by atoms with E-state index in [1.165, 1.54) is 24.0 Å². The summed E-state index contributed by atoms with van der Waals surface area (Å²) in [5, 5.41) is 0. The highest BCUT2D eigenvalue weighted by atomic mass is 15.1. The fourth-order valence-electron chi connectivity index (χ4n) is 3.10. The quantitative estimate of drug-likeness (QED) is 0.767. The van der Waals surface area contributed by atoms with E-state index in [-0.39, 0.29) is 0 Å². The molecule has 0 aliphatic heterocycles. The first kappa shape index (κ1) is 12.5. The second-order valence-electron chi connectivity index (χ2n) is 6.11. The van der Waals surface area contributed by atoms with E-state index in [0.717, 1.165) is 34.3 Å². The average Bonchev–Trinajstić information content (AvgIpc) is 3.24. The minimum absolute atomic E-state index is 0.724. The second kappa shape index (κ2) is 4.35. The molecular weight excluding hydrogens is 258 g/mol. The van der Waals surface area contributed by atoms with Crippen LogP contribution in [0.15, 0.2) is 36.4 Å². The first-order chi connectivity index (χ1) is 10.1. The molecule has 1 saturated carbocycles. The van der Waals surface area contributed by atoms with Crippen LogP contribution >= 0.6 is 0 Å². The molecule has 21 heavy (non-hydrogen) atoms. The van der Waals surface area contributed by atoms with Crippen molar-refractivity contribution in [2.24, 2.45) is 0 Å². The number of aromatic nitrogens is 2. The monoisotopic (exact) mass is 277 g/mol. The van der Waals surface area contributed by atoms with E-state index < -0.39 is 0 Å². The summed E-state index contributed by atoms with van der Waals surface area (Å²) in [6, 6.07) is 12.9. The second-order valence-corrected chi connectivity index (χ2v) is 6.11. The van der Waals surface area contributed by atoms with Crippen LogP contribution in [-0.2, 0) is 0 Å². The molecule has 0 bridgehead atoms. The van der Waals surface area contributed by atoms with E-state index in [0.29, 0.717) is 0 Å². The molecular formula is C18H19N3. The number of anilines is 1. The molecule has 3 nitrogen and oxygen atoms in total. The number of rotatable bonds is 2. The van der Waals surface area contributed by atoms with Gasteiger partial charge in [0, 0.05) is 11.3 Å². The number of fused-ring (bicyclic) bond motifs is 1. The number of nitrogens with two attached hydrogens (primary N) is 1. The van der Waals surface area contributed by atoms with E-state index in [1.807, 2.05) is 4.40 Å². The van der Waals surface area contributed by atoms with Gasteiger partial charge in [0.05, 0.1) is 0 Å². The molecule has 3 aromatic rings. The highest BCUT2D eigenvalue weighted by molar-refractivity contribution is 5.75. The zero-order chi connectivity index (χ0) is 14.6. The van der Waals surface area contributed by atoms with Crippen molar-refractivity contribution in [3.63, 3.8) is 0 Å². The lowest BCUT2D eigenvalue weighted by Crippen LogP contribution is -1.98. The van der Waals surface area contributed by atoms with Crippen molar-refractivity contribution in [3.8, 4) is 11.3 Å². The van der Waals surface area contributed by atoms with Gasteiger partial charge in [-0.15, -0.1) is 0 Å². The van der Waals surface area contributed by atoms with E-state index in [2.05, 4.69) is 50.2 Å². The Bertz CT molecular complexity index is 824. The van der Waals surface area contributed by atoms with Crippen LogP contribution in [0.5, 0.6) is 0 Å². The summed E-state index contributed by atoms with van der Waals surface area (Å²) in [6.45, 7) is 4.15. The molecule has 0 spiro atoms. The minimum atomic E-state index is 0.724. The Morgan fingerprint density at radius 2 is 1.81 bits per heavy atom. The molecule has 0 amide bonds. The predicted octanol–water partition coefficient (Wildman–Crippen LogP) is 4.08. The summed E-state index contributed by atoms with van der Waals surface area (Å²) >= 11 is 0. The molecule has 1 aromatic carbocycles. The number of aryl methyl sites for hydroxylation is 2. The summed E-state index contributed by atoms with van der Waals surface area (Å²) in [7, 11) is 0. The summed E-state index contributed by atoms with van der Waals surface area (Å²) < 4.78 is 2.02. The molecule has 1 aliphatic rings. The maximum atomic E-state index is 6.33. The molecule has 2 heterocycles. The van der Waals surface area contributed by atoms with Gasteiger partial charge in [-0.25, -0.2) is 4.98 Å². The fraction of sp³-hybridized carbons (Fsp3) is 0.278. The normalized spacial score (nSPS) is 14.8. The molecule has 3 heteroatoms. The molecule has 1 fully saturated rings. The van der Waals surface area contributed by atoms with Crippen molar-refractivity contribution >= 4 is 11.5 Å². The molecule has 106 valence electrons. The number of hydrogen-bond acceptors (Lipinski definition) is 2. The molecule has 0 atom stereocenters. The van der Waals surface area contributed by atoms with Gasteiger partial charge in [-0.05, 0) is 55.9 Å². The van der Waals surface area contributed by atoms with Crippen LogP contribution in [0.2, 0.25) is 0 Å². The van der Waals surface area contributed by atoms with Gasteiger partial charge in [0.15, 0.2) is 0 Å². The lowest BCUT2D eigenvalue weighted by atomic mass is 10.1. The molecule has 0 radical (unpaired) electrons. The lowest BCUT2D eigenvalue weighted by molar-refractivity contribution is 1.09. The van der Waals surface area contributed by atoms with Crippen molar-refractivity contribution in [1.82, 2.24) is 9.38 Å². The maximum Gasteiger partial charge on any atom is 0.139 e. The van der Waals surface area contributed by atoms with Crippen molar-refractivity contribution in [2.75, 3.05) is 5.73 Å². The van der Waals surface area contributed by atoms with Gasteiger partial charge in [0.2, 0.25) is 0 Å². The van der Waals surface area contributed by atoms with Crippen LogP contribution in [0.4, 0.5) is 5.82 Å². The molecule has 2 aromatic heterocycles. The fourth-order valence-corrected chi connectivity index (χ4v) is 3.10. The lowest BCUT2D eigenvalue weighted by Gasteiger charge is -2.04. The third-order valence-electron chi connectivity index (χ3n) is 4.32. The zero-order valence-electron chi connectivity index (χ0n) is 12.4. The highest BCUT2D eigenvalue weighted by Gasteiger charge is 2.23. The van der Waals surface area contributed by atoms with Crippen molar-refractivity contribution < 1.29 is 0 Å². The SMILES string of the molecule is Cc1cc(C)n2c(N)c(-c3ccc(C4CC4)cc3)nc2c1. The van der Waals surface area contributed by atoms with Gasteiger partial charge in [-0.1, -0.05) is 24.3 Å². The van der Waals surface area contributed by atoms with Crippen LogP contribution in [-0.4, -0.2) is 9.38 Å². The van der Waals surface area contributed by atoms with Crippen molar-refractivity contribution in [1.29, 1.82) is 0 Å². The summed E-state index contributed by atoms with van der Waals surface area (Å²) in [5.41, 5.74) is 13.0. The Balaban J connectivity index is 1.85. The molecule has 4 rings (SSSR count). The van der Waals surface area contributed by atoms with Crippen LogP contribution in [0, 0.1) is 13.8 Å². The van der Waals surface area contributed by atoms with E-state index in [4.69, 9.17) is 10.7 Å². The summed E-state index contributed by atoms with van der Waals surface area (Å²) in [5.74, 6) is 1.50. The summed E-state index contributed by atoms with van der Waals surface area (Å²) in [4.78, 5) is 4.73. The van der Waals surface area contributed by atoms with E-state index in [1.54, 1.807) is 0 Å². The Morgan fingerprint density at radius 1 is 1.10 bits per heavy atom. The Labute approximate surface area is 124 Å². The Hall–Kier alpha value is -2.29.